The van der Waals surface area contributed by atoms with Gasteiger partial charge >= 0.3 is 0 Å². The van der Waals surface area contributed by atoms with Crippen LogP contribution in [0.25, 0.3) is 0 Å². The molecule has 2 rings (SSSR count). The number of rotatable bonds is 5. The average molecular weight is 340 g/mol. The fraction of sp³-hybridized carbons (Fsp3) is 0.357. The second-order valence-corrected chi connectivity index (χ2v) is 5.18. The quantitative estimate of drug-likeness (QED) is 0.909. The van der Waals surface area contributed by atoms with E-state index in [0.29, 0.717) is 0 Å². The molecule has 0 radical (unpaired) electrons. The van der Waals surface area contributed by atoms with Gasteiger partial charge in [-0.05, 0) is 35.1 Å². The minimum Gasteiger partial charge on any atom is -0.495 e. The lowest BCUT2D eigenvalue weighted by Crippen LogP contribution is -2.19. The Hall–Kier alpha value is -1.53. The Morgan fingerprint density at radius 2 is 2.05 bits per heavy atom. The molecule has 1 unspecified atom stereocenters. The highest BCUT2D eigenvalue weighted by Crippen LogP contribution is 2.40. The summed E-state index contributed by atoms with van der Waals surface area (Å²) in [7, 11) is 7.13. The maximum absolute atomic E-state index is 5.53. The van der Waals surface area contributed by atoms with E-state index < -0.39 is 0 Å². The number of benzene rings is 1. The first-order valence-corrected chi connectivity index (χ1v) is 6.97. The van der Waals surface area contributed by atoms with Crippen molar-refractivity contribution in [3.63, 3.8) is 0 Å². The summed E-state index contributed by atoms with van der Waals surface area (Å²) in [4.78, 5) is 4.41. The molecule has 0 fully saturated rings. The number of aromatic nitrogens is 2. The van der Waals surface area contributed by atoms with Gasteiger partial charge in [-0.15, -0.1) is 0 Å². The predicted molar refractivity (Wildman–Crippen MR) is 81.4 cm³/mol. The van der Waals surface area contributed by atoms with E-state index in [4.69, 9.17) is 9.47 Å². The molecule has 6 heteroatoms. The molecular formula is C14H18BrN3O2. The number of hydrogen-bond acceptors (Lipinski definition) is 4. The summed E-state index contributed by atoms with van der Waals surface area (Å²) < 4.78 is 13.6. The summed E-state index contributed by atoms with van der Waals surface area (Å²) in [6, 6.07) is 3.85. The first-order chi connectivity index (χ1) is 9.62. The SMILES string of the molecule is CNC(c1cn(C)cn1)c1ccc(OC)c(Br)c1OC. The van der Waals surface area contributed by atoms with Crippen molar-refractivity contribution in [1.29, 1.82) is 0 Å². The highest BCUT2D eigenvalue weighted by atomic mass is 79.9. The van der Waals surface area contributed by atoms with Gasteiger partial charge in [0.1, 0.15) is 16.0 Å². The van der Waals surface area contributed by atoms with Gasteiger partial charge in [-0.3, -0.25) is 0 Å². The second-order valence-electron chi connectivity index (χ2n) is 4.39. The molecule has 0 amide bonds. The number of ether oxygens (including phenoxy) is 2. The molecule has 1 heterocycles. The van der Waals surface area contributed by atoms with Gasteiger partial charge in [-0.1, -0.05) is 0 Å². The van der Waals surface area contributed by atoms with E-state index in [1.54, 1.807) is 20.5 Å². The lowest BCUT2D eigenvalue weighted by atomic mass is 10.0. The van der Waals surface area contributed by atoms with Crippen LogP contribution in [0.3, 0.4) is 0 Å². The molecule has 1 aromatic heterocycles. The normalized spacial score (nSPS) is 12.2. The Labute approximate surface area is 127 Å². The van der Waals surface area contributed by atoms with E-state index in [2.05, 4.69) is 26.2 Å². The molecule has 2 aromatic rings. The summed E-state index contributed by atoms with van der Waals surface area (Å²) >= 11 is 3.52. The Bertz CT molecular complexity index is 598. The minimum atomic E-state index is -0.0478. The van der Waals surface area contributed by atoms with Crippen molar-refractivity contribution in [3.8, 4) is 11.5 Å². The van der Waals surface area contributed by atoms with E-state index in [-0.39, 0.29) is 6.04 Å². The highest BCUT2D eigenvalue weighted by Gasteiger charge is 2.22. The summed E-state index contributed by atoms with van der Waals surface area (Å²) in [6.45, 7) is 0. The molecule has 0 saturated heterocycles. The predicted octanol–water partition coefficient (Wildman–Crippen LogP) is 2.51. The lowest BCUT2D eigenvalue weighted by molar-refractivity contribution is 0.383. The zero-order valence-electron chi connectivity index (χ0n) is 12.0. The number of nitrogens with zero attached hydrogens (tertiary/aromatic N) is 2. The molecule has 1 N–H and O–H groups in total. The zero-order chi connectivity index (χ0) is 14.7. The molecule has 0 spiro atoms. The molecule has 0 saturated carbocycles. The number of halogens is 1. The van der Waals surface area contributed by atoms with Crippen LogP contribution >= 0.6 is 15.9 Å². The fourth-order valence-electron chi connectivity index (χ4n) is 2.19. The molecular weight excluding hydrogens is 322 g/mol. The van der Waals surface area contributed by atoms with Crippen LogP contribution in [0.5, 0.6) is 11.5 Å². The van der Waals surface area contributed by atoms with Crippen molar-refractivity contribution in [2.24, 2.45) is 7.05 Å². The standard InChI is InChI=1S/C14H18BrN3O2/c1-16-13(10-7-18(2)8-17-10)9-5-6-11(19-3)12(15)14(9)20-4/h5-8,13,16H,1-4H3. The Morgan fingerprint density at radius 3 is 2.55 bits per heavy atom. The van der Waals surface area contributed by atoms with Crippen LogP contribution in [-0.4, -0.2) is 30.8 Å². The van der Waals surface area contributed by atoms with Gasteiger partial charge in [0.05, 0.1) is 32.3 Å². The van der Waals surface area contributed by atoms with Gasteiger partial charge in [0.15, 0.2) is 0 Å². The van der Waals surface area contributed by atoms with Gasteiger partial charge in [0.2, 0.25) is 0 Å². The molecule has 1 aromatic carbocycles. The minimum absolute atomic E-state index is 0.0478. The van der Waals surface area contributed by atoms with Crippen LogP contribution in [0, 0.1) is 0 Å². The van der Waals surface area contributed by atoms with Crippen molar-refractivity contribution in [2.75, 3.05) is 21.3 Å². The highest BCUT2D eigenvalue weighted by molar-refractivity contribution is 9.10. The van der Waals surface area contributed by atoms with Gasteiger partial charge < -0.3 is 19.4 Å². The van der Waals surface area contributed by atoms with E-state index in [9.17, 15) is 0 Å². The van der Waals surface area contributed by atoms with E-state index >= 15 is 0 Å². The van der Waals surface area contributed by atoms with Crippen LogP contribution in [0.4, 0.5) is 0 Å². The Kier molecular flexibility index (Phi) is 4.67. The monoisotopic (exact) mass is 339 g/mol. The van der Waals surface area contributed by atoms with Crippen molar-refractivity contribution >= 4 is 15.9 Å². The number of aryl methyl sites for hydroxylation is 1. The van der Waals surface area contributed by atoms with Crippen LogP contribution in [0.2, 0.25) is 0 Å². The third kappa shape index (κ3) is 2.66. The zero-order valence-corrected chi connectivity index (χ0v) is 13.6. The third-order valence-corrected chi connectivity index (χ3v) is 3.89. The van der Waals surface area contributed by atoms with Crippen LogP contribution in [0.15, 0.2) is 29.1 Å². The maximum Gasteiger partial charge on any atom is 0.141 e. The number of nitrogens with one attached hydrogen (secondary N) is 1. The summed E-state index contributed by atoms with van der Waals surface area (Å²) in [5.41, 5.74) is 1.94. The molecule has 0 bridgehead atoms. The Morgan fingerprint density at radius 1 is 1.30 bits per heavy atom. The molecule has 20 heavy (non-hydrogen) atoms. The molecule has 0 aliphatic carbocycles. The van der Waals surface area contributed by atoms with Crippen LogP contribution < -0.4 is 14.8 Å². The topological polar surface area (TPSA) is 48.3 Å². The molecule has 1 atom stereocenters. The largest absolute Gasteiger partial charge is 0.495 e. The van der Waals surface area contributed by atoms with Crippen molar-refractivity contribution in [2.45, 2.75) is 6.04 Å². The summed E-state index contributed by atoms with van der Waals surface area (Å²) in [5, 5.41) is 3.27. The summed E-state index contributed by atoms with van der Waals surface area (Å²) in [6.07, 6.45) is 3.77. The van der Waals surface area contributed by atoms with Crippen molar-refractivity contribution in [1.82, 2.24) is 14.9 Å². The number of methoxy groups -OCH3 is 2. The van der Waals surface area contributed by atoms with Crippen LogP contribution in [0.1, 0.15) is 17.3 Å². The lowest BCUT2D eigenvalue weighted by Gasteiger charge is -2.19. The third-order valence-electron chi connectivity index (χ3n) is 3.14. The van der Waals surface area contributed by atoms with E-state index in [1.165, 1.54) is 0 Å². The maximum atomic E-state index is 5.53. The number of imidazole rings is 1. The molecule has 108 valence electrons. The van der Waals surface area contributed by atoms with Gasteiger partial charge in [-0.25, -0.2) is 4.98 Å². The van der Waals surface area contributed by atoms with Gasteiger partial charge in [0, 0.05) is 18.8 Å². The van der Waals surface area contributed by atoms with Gasteiger partial charge in [-0.2, -0.15) is 0 Å². The second kappa shape index (κ2) is 6.28. The Balaban J connectivity index is 2.52. The van der Waals surface area contributed by atoms with Crippen molar-refractivity contribution < 1.29 is 9.47 Å². The van der Waals surface area contributed by atoms with Gasteiger partial charge in [0.25, 0.3) is 0 Å². The summed E-state index contributed by atoms with van der Waals surface area (Å²) in [5.74, 6) is 1.48. The van der Waals surface area contributed by atoms with E-state index in [0.717, 1.165) is 27.2 Å². The van der Waals surface area contributed by atoms with Crippen molar-refractivity contribution in [3.05, 3.63) is 40.4 Å². The number of hydrogen-bond donors (Lipinski definition) is 1. The molecule has 0 aliphatic rings. The molecule has 0 aliphatic heterocycles. The fourth-order valence-corrected chi connectivity index (χ4v) is 2.88. The first-order valence-electron chi connectivity index (χ1n) is 6.17. The first kappa shape index (κ1) is 14.9. The van der Waals surface area contributed by atoms with Crippen LogP contribution in [-0.2, 0) is 7.05 Å². The smallest absolute Gasteiger partial charge is 0.141 e. The average Bonchev–Trinajstić information content (AvgIpc) is 2.86. The molecule has 5 nitrogen and oxygen atoms in total. The van der Waals surface area contributed by atoms with E-state index in [1.807, 2.05) is 37.0 Å².